The Morgan fingerprint density at radius 1 is 1.11 bits per heavy atom. The molecule has 1 fully saturated rings. The second kappa shape index (κ2) is 14.3. The fraction of sp³-hybridized carbons (Fsp3) is 0.593. The molecule has 208 valence electrons. The van der Waals surface area contributed by atoms with Gasteiger partial charge in [0.1, 0.15) is 11.3 Å². The van der Waals surface area contributed by atoms with Gasteiger partial charge in [-0.15, -0.1) is 10.2 Å². The Morgan fingerprint density at radius 2 is 1.82 bits per heavy atom. The summed E-state index contributed by atoms with van der Waals surface area (Å²) in [4.78, 5) is 41.9. The van der Waals surface area contributed by atoms with E-state index >= 15 is 0 Å². The molecule has 0 saturated heterocycles. The number of benzene rings is 1. The lowest BCUT2D eigenvalue weighted by Crippen LogP contribution is -2.62. The maximum Gasteiger partial charge on any atom is 0.286 e. The van der Waals surface area contributed by atoms with Crippen LogP contribution >= 0.6 is 11.8 Å². The number of amides is 2. The first-order valence-electron chi connectivity index (χ1n) is 13.1. The summed E-state index contributed by atoms with van der Waals surface area (Å²) in [5, 5.41) is 14.1. The van der Waals surface area contributed by atoms with Crippen molar-refractivity contribution in [2.45, 2.75) is 69.2 Å². The van der Waals surface area contributed by atoms with E-state index in [0.29, 0.717) is 30.2 Å². The molecule has 1 atom stereocenters. The third-order valence-electron chi connectivity index (χ3n) is 6.34. The Labute approximate surface area is 228 Å². The Balaban J connectivity index is 1.69. The van der Waals surface area contributed by atoms with Crippen LogP contribution in [0.3, 0.4) is 0 Å². The highest BCUT2D eigenvalue weighted by atomic mass is 32.2. The van der Waals surface area contributed by atoms with Crippen molar-refractivity contribution in [3.63, 3.8) is 0 Å². The lowest BCUT2D eigenvalue weighted by Gasteiger charge is -2.37. The predicted molar refractivity (Wildman–Crippen MR) is 145 cm³/mol. The molecule has 11 heteroatoms. The van der Waals surface area contributed by atoms with Crippen LogP contribution in [0.4, 0.5) is 0 Å². The molecule has 3 rings (SSSR count). The molecule has 2 amide bonds. The number of nitrogens with one attached hydrogen (secondary N) is 2. The summed E-state index contributed by atoms with van der Waals surface area (Å²) in [6, 6.07) is 8.19. The van der Waals surface area contributed by atoms with Gasteiger partial charge in [-0.2, -0.15) is 0 Å². The maximum absolute atomic E-state index is 13.7. The number of carbonyl (C=O) groups excluding carboxylic acids is 3. The van der Waals surface area contributed by atoms with Gasteiger partial charge >= 0.3 is 0 Å². The number of hydrogen-bond acceptors (Lipinski definition) is 9. The van der Waals surface area contributed by atoms with Gasteiger partial charge in [0.25, 0.3) is 17.0 Å². The summed E-state index contributed by atoms with van der Waals surface area (Å²) in [6.45, 7) is 4.57. The molecule has 10 nitrogen and oxygen atoms in total. The maximum atomic E-state index is 13.7. The van der Waals surface area contributed by atoms with Crippen molar-refractivity contribution in [2.75, 3.05) is 33.0 Å². The molecular formula is C27H39N5O5S. The number of nitrogens with zero attached hydrogens (tertiary/aromatic N) is 3. The van der Waals surface area contributed by atoms with Crippen molar-refractivity contribution in [3.05, 3.63) is 36.2 Å². The number of rotatable bonds is 14. The zero-order valence-corrected chi connectivity index (χ0v) is 23.5. The van der Waals surface area contributed by atoms with Gasteiger partial charge in [0.05, 0.1) is 6.04 Å². The summed E-state index contributed by atoms with van der Waals surface area (Å²) >= 11 is 1.38. The van der Waals surface area contributed by atoms with Crippen LogP contribution < -0.4 is 15.4 Å². The summed E-state index contributed by atoms with van der Waals surface area (Å²) in [5.74, 6) is 0.136. The number of carbonyl (C=O) groups is 3. The lowest BCUT2D eigenvalue weighted by molar-refractivity contribution is -0.136. The first-order chi connectivity index (χ1) is 18.2. The van der Waals surface area contributed by atoms with Crippen LogP contribution in [0, 0.1) is 5.92 Å². The van der Waals surface area contributed by atoms with Crippen molar-refractivity contribution >= 4 is 29.4 Å². The molecule has 0 spiro atoms. The van der Waals surface area contributed by atoms with E-state index in [1.54, 1.807) is 12.1 Å². The first kappa shape index (κ1) is 29.6. The van der Waals surface area contributed by atoms with Gasteiger partial charge in [-0.25, -0.2) is 0 Å². The Bertz CT molecular complexity index is 1050. The molecule has 2 aromatic rings. The van der Waals surface area contributed by atoms with E-state index in [-0.39, 0.29) is 30.2 Å². The van der Waals surface area contributed by atoms with E-state index in [0.717, 1.165) is 31.6 Å². The standard InChI is InChI=1S/C27H39N5O5S/c1-19(2)17-21(23(34)24-30-31-26(37-24)38-16-15-32(3)4)28-25(35)27(13-9-6-10-14-27)29-22(33)18-36-20-11-7-5-8-12-20/h5,7-8,11-12,19,21H,6,9-10,13-18H2,1-4H3,(H,28,35)(H,29,33). The average molecular weight is 546 g/mol. The van der Waals surface area contributed by atoms with Gasteiger partial charge in [-0.3, -0.25) is 14.4 Å². The van der Waals surface area contributed by atoms with Crippen LogP contribution in [0.1, 0.15) is 63.1 Å². The van der Waals surface area contributed by atoms with Crippen molar-refractivity contribution in [1.82, 2.24) is 25.7 Å². The number of aromatic nitrogens is 2. The smallest absolute Gasteiger partial charge is 0.286 e. The van der Waals surface area contributed by atoms with E-state index in [2.05, 4.69) is 20.8 Å². The first-order valence-corrected chi connectivity index (χ1v) is 14.1. The number of ether oxygens (including phenoxy) is 1. The van der Waals surface area contributed by atoms with Crippen molar-refractivity contribution < 1.29 is 23.5 Å². The minimum atomic E-state index is -1.10. The third kappa shape index (κ3) is 8.83. The van der Waals surface area contributed by atoms with E-state index in [9.17, 15) is 14.4 Å². The van der Waals surface area contributed by atoms with E-state index in [1.165, 1.54) is 11.8 Å². The largest absolute Gasteiger partial charge is 0.484 e. The van der Waals surface area contributed by atoms with Gasteiger partial charge in [0, 0.05) is 12.3 Å². The van der Waals surface area contributed by atoms with Crippen LogP contribution in [0.5, 0.6) is 5.75 Å². The molecule has 1 heterocycles. The van der Waals surface area contributed by atoms with Gasteiger partial charge < -0.3 is 24.7 Å². The highest BCUT2D eigenvalue weighted by Gasteiger charge is 2.43. The molecule has 1 unspecified atom stereocenters. The average Bonchev–Trinajstić information content (AvgIpc) is 3.36. The quantitative estimate of drug-likeness (QED) is 0.271. The molecule has 2 N–H and O–H groups in total. The Kier molecular flexibility index (Phi) is 11.1. The fourth-order valence-corrected chi connectivity index (χ4v) is 5.23. The molecule has 0 aliphatic heterocycles. The van der Waals surface area contributed by atoms with E-state index < -0.39 is 17.4 Å². The molecule has 1 aliphatic rings. The second-order valence-electron chi connectivity index (χ2n) is 10.3. The van der Waals surface area contributed by atoms with Crippen LogP contribution in [0.2, 0.25) is 0 Å². The molecule has 38 heavy (non-hydrogen) atoms. The third-order valence-corrected chi connectivity index (χ3v) is 7.14. The van der Waals surface area contributed by atoms with Crippen LogP contribution in [-0.2, 0) is 9.59 Å². The number of thioether (sulfide) groups is 1. The highest BCUT2D eigenvalue weighted by molar-refractivity contribution is 7.99. The normalized spacial score (nSPS) is 15.7. The van der Waals surface area contributed by atoms with Crippen molar-refractivity contribution in [3.8, 4) is 5.75 Å². The molecule has 1 aliphatic carbocycles. The van der Waals surface area contributed by atoms with E-state index in [4.69, 9.17) is 9.15 Å². The number of para-hydroxylation sites is 1. The van der Waals surface area contributed by atoms with Gasteiger partial charge in [-0.05, 0) is 51.4 Å². The Morgan fingerprint density at radius 3 is 2.47 bits per heavy atom. The molecule has 0 radical (unpaired) electrons. The monoisotopic (exact) mass is 545 g/mol. The van der Waals surface area contributed by atoms with Gasteiger partial charge in [0.2, 0.25) is 11.7 Å². The van der Waals surface area contributed by atoms with Gasteiger partial charge in [-0.1, -0.05) is 63.1 Å². The highest BCUT2D eigenvalue weighted by Crippen LogP contribution is 2.29. The number of hydrogen-bond donors (Lipinski definition) is 2. The molecular weight excluding hydrogens is 506 g/mol. The summed E-state index contributed by atoms with van der Waals surface area (Å²) in [7, 11) is 3.95. The predicted octanol–water partition coefficient (Wildman–Crippen LogP) is 3.34. The second-order valence-corrected chi connectivity index (χ2v) is 11.4. The number of Topliss-reactive ketones (excluding diaryl/α,β-unsaturated/α-hetero) is 1. The molecule has 1 aromatic heterocycles. The zero-order valence-electron chi connectivity index (χ0n) is 22.7. The molecule has 1 saturated carbocycles. The minimum absolute atomic E-state index is 0.122. The fourth-order valence-electron chi connectivity index (χ4n) is 4.36. The Hall–Kier alpha value is -2.92. The van der Waals surface area contributed by atoms with Gasteiger partial charge in [0.15, 0.2) is 6.61 Å². The summed E-state index contributed by atoms with van der Waals surface area (Å²) in [6.07, 6.45) is 3.96. The summed E-state index contributed by atoms with van der Waals surface area (Å²) < 4.78 is 11.2. The SMILES string of the molecule is CC(C)CC(NC(=O)C1(NC(=O)COc2ccccc2)CCCCC1)C(=O)c1nnc(SCCN(C)C)o1. The molecule has 0 bridgehead atoms. The lowest BCUT2D eigenvalue weighted by atomic mass is 9.80. The van der Waals surface area contributed by atoms with E-state index in [1.807, 2.05) is 51.0 Å². The topological polar surface area (TPSA) is 127 Å². The zero-order chi connectivity index (χ0) is 27.5. The van der Waals surface area contributed by atoms with Crippen LogP contribution in [0.15, 0.2) is 40.0 Å². The van der Waals surface area contributed by atoms with Crippen LogP contribution in [0.25, 0.3) is 0 Å². The van der Waals surface area contributed by atoms with Crippen LogP contribution in [-0.4, -0.2) is 77.3 Å². The molecule has 1 aromatic carbocycles. The van der Waals surface area contributed by atoms with Crippen molar-refractivity contribution in [1.29, 1.82) is 0 Å². The summed E-state index contributed by atoms with van der Waals surface area (Å²) in [5.41, 5.74) is -1.10. The van der Waals surface area contributed by atoms with Crippen molar-refractivity contribution in [2.24, 2.45) is 5.92 Å². The number of ketones is 1. The minimum Gasteiger partial charge on any atom is -0.484 e.